The van der Waals surface area contributed by atoms with Crippen molar-refractivity contribution in [2.24, 2.45) is 0 Å². The summed E-state index contributed by atoms with van der Waals surface area (Å²) in [5.74, 6) is 0. The van der Waals surface area contributed by atoms with Crippen molar-refractivity contribution in [2.45, 2.75) is 31.7 Å². The largest absolute Gasteiger partial charge is 0.383 e. The fraction of sp³-hybridized carbons (Fsp3) is 0.636. The Morgan fingerprint density at radius 2 is 2.11 bits per heavy atom. The monoisotopic (exact) mass is 355 g/mol. The van der Waals surface area contributed by atoms with Crippen LogP contribution in [0.15, 0.2) is 14.7 Å². The fourth-order valence-corrected chi connectivity index (χ4v) is 5.66. The summed E-state index contributed by atoms with van der Waals surface area (Å²) in [6, 6.07) is 1.57. The molecule has 0 fully saturated rings. The summed E-state index contributed by atoms with van der Waals surface area (Å²) >= 11 is 4.75. The molecule has 4 nitrogen and oxygen atoms in total. The number of halogens is 1. The van der Waals surface area contributed by atoms with Crippen LogP contribution in [0.2, 0.25) is 0 Å². The third-order valence-corrected chi connectivity index (χ3v) is 6.40. The van der Waals surface area contributed by atoms with Crippen LogP contribution in [0.5, 0.6) is 0 Å². The molecular formula is C11H18BrNO3S2. The van der Waals surface area contributed by atoms with E-state index in [2.05, 4.69) is 15.9 Å². The van der Waals surface area contributed by atoms with Gasteiger partial charge in [-0.1, -0.05) is 0 Å². The highest BCUT2D eigenvalue weighted by atomic mass is 79.9. The molecule has 0 saturated heterocycles. The Kier molecular flexibility index (Phi) is 5.79. The van der Waals surface area contributed by atoms with Gasteiger partial charge in [0.25, 0.3) is 0 Å². The van der Waals surface area contributed by atoms with Gasteiger partial charge in [-0.05, 0) is 42.8 Å². The Hall–Kier alpha value is 0.0500. The first kappa shape index (κ1) is 16.1. The number of sulfonamides is 1. The molecule has 1 heterocycles. The topological polar surface area (TPSA) is 46.6 Å². The summed E-state index contributed by atoms with van der Waals surface area (Å²) < 4.78 is 32.4. The number of aryl methyl sites for hydroxylation is 1. The van der Waals surface area contributed by atoms with E-state index in [0.717, 1.165) is 8.66 Å². The van der Waals surface area contributed by atoms with E-state index in [-0.39, 0.29) is 6.04 Å². The summed E-state index contributed by atoms with van der Waals surface area (Å²) in [5.41, 5.74) is 0. The zero-order chi connectivity index (χ0) is 13.9. The van der Waals surface area contributed by atoms with Gasteiger partial charge in [0.1, 0.15) is 0 Å². The van der Waals surface area contributed by atoms with E-state index < -0.39 is 10.0 Å². The third-order valence-electron chi connectivity index (χ3n) is 2.52. The van der Waals surface area contributed by atoms with Gasteiger partial charge in [-0.3, -0.25) is 0 Å². The number of methoxy groups -OCH3 is 1. The van der Waals surface area contributed by atoms with Gasteiger partial charge in [-0.2, -0.15) is 4.31 Å². The van der Waals surface area contributed by atoms with Crippen molar-refractivity contribution < 1.29 is 13.2 Å². The fourth-order valence-electron chi connectivity index (χ4n) is 1.65. The van der Waals surface area contributed by atoms with Crippen LogP contribution in [-0.4, -0.2) is 39.0 Å². The molecule has 0 aliphatic rings. The number of rotatable bonds is 6. The van der Waals surface area contributed by atoms with Gasteiger partial charge in [0.05, 0.1) is 15.3 Å². The van der Waals surface area contributed by atoms with Gasteiger partial charge in [0.2, 0.25) is 10.0 Å². The predicted octanol–water partition coefficient (Wildman–Crippen LogP) is 2.86. The van der Waals surface area contributed by atoms with Crippen LogP contribution in [0.3, 0.4) is 0 Å². The highest BCUT2D eigenvalue weighted by Gasteiger charge is 2.29. The highest BCUT2D eigenvalue weighted by Crippen LogP contribution is 2.32. The van der Waals surface area contributed by atoms with E-state index in [9.17, 15) is 8.42 Å². The van der Waals surface area contributed by atoms with Crippen molar-refractivity contribution in [3.8, 4) is 0 Å². The van der Waals surface area contributed by atoms with Gasteiger partial charge in [-0.25, -0.2) is 8.42 Å². The maximum atomic E-state index is 12.6. The van der Waals surface area contributed by atoms with Crippen molar-refractivity contribution in [3.63, 3.8) is 0 Å². The van der Waals surface area contributed by atoms with E-state index in [0.29, 0.717) is 18.0 Å². The highest BCUT2D eigenvalue weighted by molar-refractivity contribution is 9.11. The first-order chi connectivity index (χ1) is 8.30. The molecule has 1 aromatic heterocycles. The standard InChI is InChI=1S/C11H18BrNO3S2/c1-8(2)13(5-6-16-4)18(14,15)10-7-11(12)17-9(10)3/h7-8H,5-6H2,1-4H3. The molecule has 1 rings (SSSR count). The van der Waals surface area contributed by atoms with E-state index in [1.165, 1.54) is 15.6 Å². The lowest BCUT2D eigenvalue weighted by Gasteiger charge is -2.25. The van der Waals surface area contributed by atoms with Gasteiger partial charge in [0.15, 0.2) is 0 Å². The maximum Gasteiger partial charge on any atom is 0.244 e. The quantitative estimate of drug-likeness (QED) is 0.788. The molecule has 7 heteroatoms. The first-order valence-corrected chi connectivity index (χ1v) is 8.62. The van der Waals surface area contributed by atoms with Crippen LogP contribution in [-0.2, 0) is 14.8 Å². The molecule has 0 aliphatic heterocycles. The number of ether oxygens (including phenoxy) is 1. The normalized spacial score (nSPS) is 12.6. The number of thiophene rings is 1. The molecular weight excluding hydrogens is 338 g/mol. The molecule has 0 atom stereocenters. The average Bonchev–Trinajstić information content (AvgIpc) is 2.58. The van der Waals surface area contributed by atoms with Gasteiger partial charge >= 0.3 is 0 Å². The molecule has 0 N–H and O–H groups in total. The third kappa shape index (κ3) is 3.54. The summed E-state index contributed by atoms with van der Waals surface area (Å²) in [4.78, 5) is 1.18. The van der Waals surface area contributed by atoms with Crippen molar-refractivity contribution in [1.82, 2.24) is 4.31 Å². The molecule has 0 aliphatic carbocycles. The lowest BCUT2D eigenvalue weighted by Crippen LogP contribution is -2.39. The molecule has 0 bridgehead atoms. The predicted molar refractivity (Wildman–Crippen MR) is 77.7 cm³/mol. The van der Waals surface area contributed by atoms with Crippen molar-refractivity contribution in [1.29, 1.82) is 0 Å². The smallest absolute Gasteiger partial charge is 0.244 e. The van der Waals surface area contributed by atoms with Crippen LogP contribution >= 0.6 is 27.3 Å². The van der Waals surface area contributed by atoms with E-state index >= 15 is 0 Å². The van der Waals surface area contributed by atoms with Gasteiger partial charge < -0.3 is 4.74 Å². The van der Waals surface area contributed by atoms with E-state index in [4.69, 9.17) is 4.74 Å². The Bertz CT molecular complexity index is 496. The molecule has 0 unspecified atom stereocenters. The van der Waals surface area contributed by atoms with Gasteiger partial charge in [0, 0.05) is 24.6 Å². The van der Waals surface area contributed by atoms with Crippen LogP contribution in [0.25, 0.3) is 0 Å². The molecule has 0 saturated carbocycles. The summed E-state index contributed by atoms with van der Waals surface area (Å²) in [6.45, 7) is 6.30. The molecule has 1 aromatic rings. The summed E-state index contributed by atoms with van der Waals surface area (Å²) in [7, 11) is -1.88. The van der Waals surface area contributed by atoms with Crippen LogP contribution in [0.1, 0.15) is 18.7 Å². The molecule has 0 aromatic carbocycles. The molecule has 18 heavy (non-hydrogen) atoms. The number of hydrogen-bond donors (Lipinski definition) is 0. The van der Waals surface area contributed by atoms with Crippen molar-refractivity contribution in [2.75, 3.05) is 20.3 Å². The number of hydrogen-bond acceptors (Lipinski definition) is 4. The molecule has 104 valence electrons. The summed E-state index contributed by atoms with van der Waals surface area (Å²) in [5, 5.41) is 0. The average molecular weight is 356 g/mol. The molecule has 0 spiro atoms. The second-order valence-electron chi connectivity index (χ2n) is 4.17. The minimum absolute atomic E-state index is 0.0942. The van der Waals surface area contributed by atoms with Crippen molar-refractivity contribution in [3.05, 3.63) is 14.7 Å². The minimum Gasteiger partial charge on any atom is -0.383 e. The zero-order valence-corrected chi connectivity index (χ0v) is 14.2. The molecule has 0 amide bonds. The lowest BCUT2D eigenvalue weighted by atomic mass is 10.4. The zero-order valence-electron chi connectivity index (χ0n) is 10.9. The van der Waals surface area contributed by atoms with Crippen molar-refractivity contribution >= 4 is 37.3 Å². The van der Waals surface area contributed by atoms with Crippen LogP contribution in [0, 0.1) is 6.92 Å². The van der Waals surface area contributed by atoms with E-state index in [1.807, 2.05) is 20.8 Å². The summed E-state index contributed by atoms with van der Waals surface area (Å²) in [6.07, 6.45) is 0. The second kappa shape index (κ2) is 6.47. The molecule has 0 radical (unpaired) electrons. The van der Waals surface area contributed by atoms with Gasteiger partial charge in [-0.15, -0.1) is 11.3 Å². The minimum atomic E-state index is -3.45. The van der Waals surface area contributed by atoms with Crippen LogP contribution < -0.4 is 0 Å². The number of nitrogens with zero attached hydrogens (tertiary/aromatic N) is 1. The Morgan fingerprint density at radius 1 is 1.50 bits per heavy atom. The Balaban J connectivity index is 3.13. The first-order valence-electron chi connectivity index (χ1n) is 5.57. The second-order valence-corrected chi connectivity index (χ2v) is 8.67. The van der Waals surface area contributed by atoms with Crippen LogP contribution in [0.4, 0.5) is 0 Å². The SMILES string of the molecule is COCCN(C(C)C)S(=O)(=O)c1cc(Br)sc1C. The Labute approximate surface area is 121 Å². The lowest BCUT2D eigenvalue weighted by molar-refractivity contribution is 0.171. The van der Waals surface area contributed by atoms with E-state index in [1.54, 1.807) is 13.2 Å². The maximum absolute atomic E-state index is 12.6. The Morgan fingerprint density at radius 3 is 2.50 bits per heavy atom.